The first-order valence-electron chi connectivity index (χ1n) is 14.9. The van der Waals surface area contributed by atoms with Crippen LogP contribution in [0, 0.1) is 17.8 Å². The van der Waals surface area contributed by atoms with Gasteiger partial charge >= 0.3 is 5.97 Å². The maximum Gasteiger partial charge on any atom is 0.309 e. The molecule has 0 unspecified atom stereocenters. The molecular weight excluding hydrogens is 540 g/mol. The number of fused-ring (bicyclic) bond motifs is 1. The number of methoxy groups -OCH3 is 1. The van der Waals surface area contributed by atoms with Gasteiger partial charge in [0.05, 0.1) is 19.1 Å². The lowest BCUT2D eigenvalue weighted by atomic mass is 9.89. The fraction of sp³-hybridized carbons (Fsp3) is 0.581. The largest absolute Gasteiger partial charge is 0.496 e. The Kier molecular flexibility index (Phi) is 10.6. The number of aromatic amines is 1. The first-order chi connectivity index (χ1) is 20.2. The number of aromatic nitrogens is 1. The summed E-state index contributed by atoms with van der Waals surface area (Å²) < 4.78 is 10.7. The molecule has 2 heterocycles. The van der Waals surface area contributed by atoms with Gasteiger partial charge in [0.25, 0.3) is 5.91 Å². The maximum atomic E-state index is 13.6. The number of hydrogen-bond donors (Lipinski definition) is 4. The van der Waals surface area contributed by atoms with E-state index < -0.39 is 48.2 Å². The molecular formula is C31H42N4O7. The van der Waals surface area contributed by atoms with Crippen LogP contribution in [0.3, 0.4) is 0 Å². The summed E-state index contributed by atoms with van der Waals surface area (Å²) in [7, 11) is 1.55. The van der Waals surface area contributed by atoms with Crippen molar-refractivity contribution in [3.8, 4) is 5.75 Å². The number of ketones is 1. The highest BCUT2D eigenvalue weighted by Gasteiger charge is 2.34. The predicted octanol–water partition coefficient (Wildman–Crippen LogP) is 3.02. The molecule has 2 aromatic rings. The first-order valence-corrected chi connectivity index (χ1v) is 14.9. The molecule has 2 fully saturated rings. The second-order valence-corrected chi connectivity index (χ2v) is 11.7. The number of carbonyl (C=O) groups is 5. The van der Waals surface area contributed by atoms with Crippen molar-refractivity contribution in [2.75, 3.05) is 20.3 Å². The zero-order valence-corrected chi connectivity index (χ0v) is 24.6. The zero-order chi connectivity index (χ0) is 30.2. The monoisotopic (exact) mass is 582 g/mol. The van der Waals surface area contributed by atoms with Gasteiger partial charge in [0, 0.05) is 23.4 Å². The molecule has 1 aromatic carbocycles. The van der Waals surface area contributed by atoms with Crippen molar-refractivity contribution in [3.05, 3.63) is 30.0 Å². The second-order valence-electron chi connectivity index (χ2n) is 11.7. The van der Waals surface area contributed by atoms with Crippen LogP contribution in [0.2, 0.25) is 0 Å². The Morgan fingerprint density at radius 2 is 1.79 bits per heavy atom. The van der Waals surface area contributed by atoms with E-state index in [1.54, 1.807) is 19.2 Å². The van der Waals surface area contributed by atoms with E-state index in [0.29, 0.717) is 30.7 Å². The topological polar surface area (TPSA) is 156 Å². The number of benzene rings is 1. The molecule has 0 bridgehead atoms. The molecule has 1 aromatic heterocycles. The quantitative estimate of drug-likeness (QED) is 0.265. The van der Waals surface area contributed by atoms with Gasteiger partial charge in [0.1, 0.15) is 17.5 Å². The van der Waals surface area contributed by atoms with Gasteiger partial charge in [0.15, 0.2) is 12.4 Å². The van der Waals surface area contributed by atoms with Gasteiger partial charge in [-0.15, -0.1) is 0 Å². The lowest BCUT2D eigenvalue weighted by molar-refractivity contribution is -0.153. The number of H-pyrrole nitrogens is 1. The number of amides is 3. The first kappa shape index (κ1) is 31.1. The van der Waals surface area contributed by atoms with Gasteiger partial charge in [-0.3, -0.25) is 24.0 Å². The summed E-state index contributed by atoms with van der Waals surface area (Å²) in [6, 6.07) is 5.10. The minimum absolute atomic E-state index is 0.0510. The molecule has 4 N–H and O–H groups in total. The smallest absolute Gasteiger partial charge is 0.309 e. The standard InChI is InChI=1S/C31H42N4O7/c1-18(2)14-24(35-30(39)25-16-21-22(33-25)10-7-11-27(21)41-3)29(38)34-23(15-20-12-13-32-28(20)37)26(36)17-42-31(40)19-8-5-4-6-9-19/h7,10-11,16,18-20,23-24,33H,4-6,8-9,12-15,17H2,1-3H3,(H,32,37)(H,34,38)(H,35,39)/t20-,23-,24-/m0/s1. The third-order valence-corrected chi connectivity index (χ3v) is 8.10. The van der Waals surface area contributed by atoms with E-state index in [4.69, 9.17) is 9.47 Å². The van der Waals surface area contributed by atoms with Gasteiger partial charge in [0.2, 0.25) is 11.8 Å². The van der Waals surface area contributed by atoms with Crippen LogP contribution >= 0.6 is 0 Å². The molecule has 1 aliphatic carbocycles. The molecule has 3 atom stereocenters. The van der Waals surface area contributed by atoms with Gasteiger partial charge < -0.3 is 30.4 Å². The van der Waals surface area contributed by atoms with Crippen molar-refractivity contribution in [3.63, 3.8) is 0 Å². The van der Waals surface area contributed by atoms with E-state index in [1.165, 1.54) is 0 Å². The Hall–Kier alpha value is -3.89. The summed E-state index contributed by atoms with van der Waals surface area (Å²) in [6.45, 7) is 3.87. The summed E-state index contributed by atoms with van der Waals surface area (Å²) in [5, 5.41) is 9.06. The Bertz CT molecular complexity index is 1300. The Morgan fingerprint density at radius 3 is 2.45 bits per heavy atom. The number of Topliss-reactive ketones (excluding diaryl/α,β-unsaturated/α-hetero) is 1. The van der Waals surface area contributed by atoms with Crippen molar-refractivity contribution in [1.82, 2.24) is 20.9 Å². The predicted molar refractivity (Wildman–Crippen MR) is 156 cm³/mol. The minimum Gasteiger partial charge on any atom is -0.496 e. The molecule has 3 amide bonds. The number of esters is 1. The number of carbonyl (C=O) groups excluding carboxylic acids is 5. The number of hydrogen-bond acceptors (Lipinski definition) is 7. The van der Waals surface area contributed by atoms with E-state index in [2.05, 4.69) is 20.9 Å². The summed E-state index contributed by atoms with van der Waals surface area (Å²) in [4.78, 5) is 68.0. The molecule has 0 radical (unpaired) electrons. The molecule has 2 aliphatic rings. The summed E-state index contributed by atoms with van der Waals surface area (Å²) in [5.41, 5.74) is 0.980. The number of ether oxygens (including phenoxy) is 2. The molecule has 1 aliphatic heterocycles. The molecule has 1 saturated carbocycles. The van der Waals surface area contributed by atoms with Gasteiger partial charge in [-0.05, 0) is 56.2 Å². The summed E-state index contributed by atoms with van der Waals surface area (Å²) >= 11 is 0. The number of nitrogens with one attached hydrogen (secondary N) is 4. The molecule has 42 heavy (non-hydrogen) atoms. The van der Waals surface area contributed by atoms with Crippen LogP contribution in [0.15, 0.2) is 24.3 Å². The maximum absolute atomic E-state index is 13.6. The van der Waals surface area contributed by atoms with Crippen LogP contribution in [-0.4, -0.2) is 66.8 Å². The minimum atomic E-state index is -1.05. The van der Waals surface area contributed by atoms with E-state index in [-0.39, 0.29) is 29.9 Å². The Labute approximate surface area is 245 Å². The molecule has 228 valence electrons. The second kappa shape index (κ2) is 14.3. The fourth-order valence-corrected chi connectivity index (χ4v) is 5.76. The Balaban J connectivity index is 1.46. The van der Waals surface area contributed by atoms with Crippen LogP contribution in [-0.2, 0) is 23.9 Å². The third kappa shape index (κ3) is 7.89. The Morgan fingerprint density at radius 1 is 1.02 bits per heavy atom. The van der Waals surface area contributed by atoms with Crippen molar-refractivity contribution in [1.29, 1.82) is 0 Å². The average Bonchev–Trinajstić information content (AvgIpc) is 3.61. The molecule has 4 rings (SSSR count). The average molecular weight is 583 g/mol. The van der Waals surface area contributed by atoms with Crippen LogP contribution < -0.4 is 20.7 Å². The summed E-state index contributed by atoms with van der Waals surface area (Å²) in [5.74, 6) is -2.08. The summed E-state index contributed by atoms with van der Waals surface area (Å²) in [6.07, 6.45) is 5.43. The van der Waals surface area contributed by atoms with Crippen molar-refractivity contribution in [2.24, 2.45) is 17.8 Å². The van der Waals surface area contributed by atoms with Gasteiger partial charge in [-0.2, -0.15) is 0 Å². The van der Waals surface area contributed by atoms with Gasteiger partial charge in [-0.1, -0.05) is 39.2 Å². The normalized spacial score (nSPS) is 18.8. The lowest BCUT2D eigenvalue weighted by Crippen LogP contribution is -2.53. The van der Waals surface area contributed by atoms with Crippen LogP contribution in [0.1, 0.15) is 75.7 Å². The van der Waals surface area contributed by atoms with Crippen molar-refractivity contribution >= 4 is 40.4 Å². The third-order valence-electron chi connectivity index (χ3n) is 8.10. The van der Waals surface area contributed by atoms with Gasteiger partial charge in [-0.25, -0.2) is 0 Å². The van der Waals surface area contributed by atoms with Crippen LogP contribution in [0.5, 0.6) is 5.75 Å². The highest BCUT2D eigenvalue weighted by Crippen LogP contribution is 2.27. The highest BCUT2D eigenvalue weighted by atomic mass is 16.5. The van der Waals surface area contributed by atoms with E-state index in [0.717, 1.165) is 37.5 Å². The highest BCUT2D eigenvalue weighted by molar-refractivity contribution is 6.02. The van der Waals surface area contributed by atoms with Crippen LogP contribution in [0.4, 0.5) is 0 Å². The molecule has 0 spiro atoms. The van der Waals surface area contributed by atoms with Crippen LogP contribution in [0.25, 0.3) is 10.9 Å². The molecule has 1 saturated heterocycles. The van der Waals surface area contributed by atoms with E-state index in [1.807, 2.05) is 26.0 Å². The van der Waals surface area contributed by atoms with E-state index >= 15 is 0 Å². The number of rotatable bonds is 13. The van der Waals surface area contributed by atoms with Crippen molar-refractivity contribution in [2.45, 2.75) is 77.3 Å². The SMILES string of the molecule is COc1cccc2[nH]c(C(=O)N[C@@H](CC(C)C)C(=O)N[C@@H](C[C@@H]3CCNC3=O)C(=O)COC(=O)C3CCCCC3)cc12. The zero-order valence-electron chi connectivity index (χ0n) is 24.6. The van der Waals surface area contributed by atoms with Crippen molar-refractivity contribution < 1.29 is 33.4 Å². The molecule has 11 nitrogen and oxygen atoms in total. The lowest BCUT2D eigenvalue weighted by Gasteiger charge is -2.25. The van der Waals surface area contributed by atoms with E-state index in [9.17, 15) is 24.0 Å². The fourth-order valence-electron chi connectivity index (χ4n) is 5.76. The molecule has 11 heteroatoms.